The molecule has 1 aromatic rings. The van der Waals surface area contributed by atoms with Gasteiger partial charge in [-0.05, 0) is 24.1 Å². The molecule has 0 aliphatic carbocycles. The largest absolute Gasteiger partial charge is 0.454 e. The number of ether oxygens (including phenoxy) is 2. The molecule has 0 N–H and O–H groups in total. The monoisotopic (exact) mass is 307 g/mol. The summed E-state index contributed by atoms with van der Waals surface area (Å²) in [5, 5.41) is 0.178. The highest BCUT2D eigenvalue weighted by molar-refractivity contribution is 8.14. The van der Waals surface area contributed by atoms with Gasteiger partial charge in [0, 0.05) is 31.7 Å². The van der Waals surface area contributed by atoms with Crippen molar-refractivity contribution in [3.05, 3.63) is 23.8 Å². The minimum absolute atomic E-state index is 0.0745. The molecule has 1 saturated heterocycles. The molecule has 6 heteroatoms. The minimum Gasteiger partial charge on any atom is -0.454 e. The molecule has 2 aliphatic rings. The van der Waals surface area contributed by atoms with Crippen molar-refractivity contribution >= 4 is 22.8 Å². The van der Waals surface area contributed by atoms with Gasteiger partial charge in [-0.3, -0.25) is 9.59 Å². The number of hydrogen-bond acceptors (Lipinski definition) is 5. The fourth-order valence-electron chi connectivity index (χ4n) is 2.63. The van der Waals surface area contributed by atoms with E-state index in [0.29, 0.717) is 19.5 Å². The molecule has 0 saturated carbocycles. The molecular formula is C15H17NO4S. The second-order valence-corrected chi connectivity index (χ2v) is 6.69. The Labute approximate surface area is 127 Å². The first-order valence-electron chi connectivity index (χ1n) is 6.95. The highest BCUT2D eigenvalue weighted by Gasteiger charge is 2.30. The van der Waals surface area contributed by atoms with Crippen molar-refractivity contribution in [2.75, 3.05) is 19.9 Å². The topological polar surface area (TPSA) is 55.8 Å². The molecule has 2 aliphatic heterocycles. The molecule has 112 valence electrons. The maximum Gasteiger partial charge on any atom is 0.231 e. The highest BCUT2D eigenvalue weighted by atomic mass is 32.2. The minimum atomic E-state index is 0.0745. The van der Waals surface area contributed by atoms with Crippen LogP contribution in [0.15, 0.2) is 18.2 Å². The maximum atomic E-state index is 11.9. The number of amides is 1. The van der Waals surface area contributed by atoms with Crippen LogP contribution in [0.25, 0.3) is 0 Å². The average Bonchev–Trinajstić information content (AvgIpc) is 3.01. The van der Waals surface area contributed by atoms with E-state index in [4.69, 9.17) is 9.47 Å². The molecule has 0 aromatic heterocycles. The normalized spacial score (nSPS) is 20.1. The summed E-state index contributed by atoms with van der Waals surface area (Å²) in [5.41, 5.74) is 1.12. The van der Waals surface area contributed by atoms with Gasteiger partial charge in [0.1, 0.15) is 0 Å². The molecule has 5 nitrogen and oxygen atoms in total. The zero-order chi connectivity index (χ0) is 14.8. The fraction of sp³-hybridized carbons (Fsp3) is 0.467. The molecule has 0 bridgehead atoms. The Bertz CT molecular complexity index is 575. The molecule has 1 atom stereocenters. The van der Waals surface area contributed by atoms with Crippen LogP contribution in [0.2, 0.25) is 0 Å². The van der Waals surface area contributed by atoms with E-state index in [9.17, 15) is 9.59 Å². The van der Waals surface area contributed by atoms with Crippen molar-refractivity contribution in [3.8, 4) is 11.5 Å². The zero-order valence-corrected chi connectivity index (χ0v) is 12.6. The van der Waals surface area contributed by atoms with Crippen LogP contribution in [0, 0.1) is 0 Å². The van der Waals surface area contributed by atoms with Crippen molar-refractivity contribution in [1.82, 2.24) is 4.90 Å². The summed E-state index contributed by atoms with van der Waals surface area (Å²) < 4.78 is 10.6. The predicted octanol–water partition coefficient (Wildman–Crippen LogP) is 1.84. The Kier molecular flexibility index (Phi) is 4.05. The number of likely N-dealkylation sites (tertiary alicyclic amines) is 1. The number of hydrogen-bond donors (Lipinski definition) is 0. The lowest BCUT2D eigenvalue weighted by molar-refractivity contribution is -0.127. The lowest BCUT2D eigenvalue weighted by atomic mass is 10.1. The third kappa shape index (κ3) is 3.32. The highest BCUT2D eigenvalue weighted by Crippen LogP contribution is 2.32. The lowest BCUT2D eigenvalue weighted by Crippen LogP contribution is -2.27. The summed E-state index contributed by atoms with van der Waals surface area (Å²) in [5.74, 6) is 1.67. The van der Waals surface area contributed by atoms with E-state index in [1.165, 1.54) is 11.8 Å². The number of fused-ring (bicyclic) bond motifs is 1. The fourth-order valence-corrected chi connectivity index (χ4v) is 3.58. The summed E-state index contributed by atoms with van der Waals surface area (Å²) in [6.45, 7) is 3.15. The maximum absolute atomic E-state index is 11.9. The van der Waals surface area contributed by atoms with Gasteiger partial charge >= 0.3 is 0 Å². The van der Waals surface area contributed by atoms with Crippen molar-refractivity contribution < 1.29 is 19.1 Å². The molecule has 3 rings (SSSR count). The molecular weight excluding hydrogens is 290 g/mol. The average molecular weight is 307 g/mol. The van der Waals surface area contributed by atoms with Gasteiger partial charge in [0.25, 0.3) is 0 Å². The molecule has 0 radical (unpaired) electrons. The van der Waals surface area contributed by atoms with Crippen LogP contribution in [-0.4, -0.2) is 41.1 Å². The van der Waals surface area contributed by atoms with E-state index in [1.54, 1.807) is 6.92 Å². The first kappa shape index (κ1) is 14.3. The van der Waals surface area contributed by atoms with Gasteiger partial charge in [0.05, 0.1) is 0 Å². The van der Waals surface area contributed by atoms with Gasteiger partial charge < -0.3 is 14.4 Å². The number of carbonyl (C=O) groups is 2. The van der Waals surface area contributed by atoms with E-state index in [0.717, 1.165) is 23.5 Å². The third-order valence-corrected chi connectivity index (χ3v) is 4.60. The predicted molar refractivity (Wildman–Crippen MR) is 79.5 cm³/mol. The van der Waals surface area contributed by atoms with Gasteiger partial charge in [-0.15, -0.1) is 0 Å². The number of rotatable bonds is 4. The molecule has 1 amide bonds. The van der Waals surface area contributed by atoms with E-state index in [1.807, 2.05) is 23.1 Å². The van der Waals surface area contributed by atoms with E-state index in [2.05, 4.69) is 0 Å². The van der Waals surface area contributed by atoms with Crippen LogP contribution >= 0.6 is 11.8 Å². The van der Waals surface area contributed by atoms with E-state index >= 15 is 0 Å². The van der Waals surface area contributed by atoms with Gasteiger partial charge in [0.2, 0.25) is 12.7 Å². The van der Waals surface area contributed by atoms with Gasteiger partial charge in [-0.25, -0.2) is 0 Å². The Balaban J connectivity index is 1.55. The second kappa shape index (κ2) is 5.97. The molecule has 2 heterocycles. The van der Waals surface area contributed by atoms with E-state index < -0.39 is 0 Å². The number of nitrogens with zero attached hydrogens (tertiary/aromatic N) is 1. The Morgan fingerprint density at radius 1 is 1.38 bits per heavy atom. The Hall–Kier alpha value is -1.69. The van der Waals surface area contributed by atoms with Gasteiger partial charge in [-0.1, -0.05) is 17.8 Å². The quantitative estimate of drug-likeness (QED) is 0.849. The van der Waals surface area contributed by atoms with Gasteiger partial charge in [-0.2, -0.15) is 0 Å². The summed E-state index contributed by atoms with van der Waals surface area (Å²) in [7, 11) is 0. The number of benzene rings is 1. The van der Waals surface area contributed by atoms with Crippen LogP contribution < -0.4 is 9.47 Å². The summed E-state index contributed by atoms with van der Waals surface area (Å²) in [6.07, 6.45) is 1.24. The van der Waals surface area contributed by atoms with Crippen molar-refractivity contribution in [3.63, 3.8) is 0 Å². The van der Waals surface area contributed by atoms with Crippen molar-refractivity contribution in [2.45, 2.75) is 25.0 Å². The molecule has 1 fully saturated rings. The second-order valence-electron chi connectivity index (χ2n) is 5.21. The van der Waals surface area contributed by atoms with Gasteiger partial charge in [0.15, 0.2) is 16.6 Å². The first-order valence-corrected chi connectivity index (χ1v) is 7.83. The standard InChI is InChI=1S/C15H17NO4S/c1-10(17)21-12-7-15(18)16(8-12)5-4-11-2-3-13-14(6-11)20-9-19-13/h2-3,6,12H,4-5,7-9H2,1H3. The van der Waals surface area contributed by atoms with Crippen molar-refractivity contribution in [2.24, 2.45) is 0 Å². The Morgan fingerprint density at radius 3 is 3.00 bits per heavy atom. The SMILES string of the molecule is CC(=O)SC1CC(=O)N(CCc2ccc3c(c2)OCO3)C1. The summed E-state index contributed by atoms with van der Waals surface area (Å²) in [4.78, 5) is 24.9. The lowest BCUT2D eigenvalue weighted by Gasteiger charge is -2.16. The van der Waals surface area contributed by atoms with Crippen LogP contribution in [-0.2, 0) is 16.0 Å². The van der Waals surface area contributed by atoms with Crippen LogP contribution in [0.3, 0.4) is 0 Å². The zero-order valence-electron chi connectivity index (χ0n) is 11.8. The van der Waals surface area contributed by atoms with Crippen LogP contribution in [0.1, 0.15) is 18.9 Å². The van der Waals surface area contributed by atoms with Crippen LogP contribution in [0.5, 0.6) is 11.5 Å². The molecule has 1 aromatic carbocycles. The number of carbonyl (C=O) groups excluding carboxylic acids is 2. The first-order chi connectivity index (χ1) is 10.1. The summed E-state index contributed by atoms with van der Waals surface area (Å²) in [6, 6.07) is 5.86. The van der Waals surface area contributed by atoms with Crippen LogP contribution in [0.4, 0.5) is 0 Å². The summed E-state index contributed by atoms with van der Waals surface area (Å²) >= 11 is 1.27. The number of thioether (sulfide) groups is 1. The van der Waals surface area contributed by atoms with Crippen molar-refractivity contribution in [1.29, 1.82) is 0 Å². The molecule has 0 spiro atoms. The Morgan fingerprint density at radius 2 is 2.19 bits per heavy atom. The van der Waals surface area contributed by atoms with E-state index in [-0.39, 0.29) is 23.1 Å². The molecule has 1 unspecified atom stereocenters. The third-order valence-electron chi connectivity index (χ3n) is 3.62. The molecule has 21 heavy (non-hydrogen) atoms. The smallest absolute Gasteiger partial charge is 0.231 e.